The van der Waals surface area contributed by atoms with Gasteiger partial charge in [0, 0.05) is 17.4 Å². The van der Waals surface area contributed by atoms with E-state index in [0.717, 1.165) is 24.0 Å². The Balaban J connectivity index is 2.34. The lowest BCUT2D eigenvalue weighted by Gasteiger charge is -2.32. The smallest absolute Gasteiger partial charge is 0.399 e. The van der Waals surface area contributed by atoms with Crippen molar-refractivity contribution < 1.29 is 9.31 Å². The number of anilines is 1. The molecule has 0 spiro atoms. The van der Waals surface area contributed by atoms with Crippen molar-refractivity contribution in [3.05, 3.63) is 11.9 Å². The highest BCUT2D eigenvalue weighted by Gasteiger charge is 2.52. The van der Waals surface area contributed by atoms with Crippen molar-refractivity contribution in [1.82, 2.24) is 9.97 Å². The molecule has 0 aromatic carbocycles. The highest BCUT2D eigenvalue weighted by molar-refractivity contribution is 6.62. The van der Waals surface area contributed by atoms with Gasteiger partial charge in [-0.15, -0.1) is 0 Å². The Labute approximate surface area is 115 Å². The molecular formula is C13H22BN3O2. The molecule has 1 fully saturated rings. The third-order valence-electron chi connectivity index (χ3n) is 3.91. The summed E-state index contributed by atoms with van der Waals surface area (Å²) in [5, 5.41) is 0. The van der Waals surface area contributed by atoms with Gasteiger partial charge in [-0.2, -0.15) is 0 Å². The third-order valence-corrected chi connectivity index (χ3v) is 3.91. The summed E-state index contributed by atoms with van der Waals surface area (Å²) in [5.74, 6) is 0.295. The molecule has 1 saturated heterocycles. The maximum absolute atomic E-state index is 6.03. The van der Waals surface area contributed by atoms with Crippen molar-refractivity contribution >= 4 is 18.5 Å². The lowest BCUT2D eigenvalue weighted by Crippen LogP contribution is -2.41. The molecule has 2 heterocycles. The van der Waals surface area contributed by atoms with Gasteiger partial charge >= 0.3 is 7.12 Å². The summed E-state index contributed by atoms with van der Waals surface area (Å²) >= 11 is 0. The Morgan fingerprint density at radius 1 is 1.21 bits per heavy atom. The molecule has 5 nitrogen and oxygen atoms in total. The van der Waals surface area contributed by atoms with Gasteiger partial charge in [0.25, 0.3) is 0 Å². The molecule has 0 atom stereocenters. The average molecular weight is 263 g/mol. The molecule has 104 valence electrons. The van der Waals surface area contributed by atoms with Gasteiger partial charge < -0.3 is 15.0 Å². The average Bonchev–Trinajstić information content (AvgIpc) is 2.48. The van der Waals surface area contributed by atoms with E-state index in [-0.39, 0.29) is 11.2 Å². The Bertz CT molecular complexity index is 461. The van der Waals surface area contributed by atoms with Crippen molar-refractivity contribution in [2.24, 2.45) is 0 Å². The van der Waals surface area contributed by atoms with E-state index >= 15 is 0 Å². The third kappa shape index (κ3) is 2.60. The molecule has 19 heavy (non-hydrogen) atoms. The van der Waals surface area contributed by atoms with Crippen LogP contribution in [-0.4, -0.2) is 28.3 Å². The molecule has 1 aliphatic rings. The van der Waals surface area contributed by atoms with Crippen molar-refractivity contribution in [2.75, 3.05) is 5.73 Å². The zero-order valence-corrected chi connectivity index (χ0v) is 12.4. The number of aryl methyl sites for hydroxylation is 1. The molecule has 2 rings (SSSR count). The summed E-state index contributed by atoms with van der Waals surface area (Å²) in [6.07, 6.45) is 3.55. The second kappa shape index (κ2) is 4.76. The van der Waals surface area contributed by atoms with Gasteiger partial charge in [-0.1, -0.05) is 13.3 Å². The van der Waals surface area contributed by atoms with Crippen LogP contribution in [-0.2, 0) is 15.7 Å². The number of nitrogen functional groups attached to an aromatic ring is 1. The zero-order chi connectivity index (χ0) is 14.3. The summed E-state index contributed by atoms with van der Waals surface area (Å²) in [6, 6.07) is 0. The minimum absolute atomic E-state index is 0.295. The fourth-order valence-corrected chi connectivity index (χ4v) is 2.05. The molecular weight excluding hydrogens is 241 g/mol. The van der Waals surface area contributed by atoms with Crippen molar-refractivity contribution in [3.63, 3.8) is 0 Å². The molecule has 1 aromatic rings. The molecule has 2 N–H and O–H groups in total. The maximum Gasteiger partial charge on any atom is 0.498 e. The van der Waals surface area contributed by atoms with Gasteiger partial charge in [-0.25, -0.2) is 9.97 Å². The van der Waals surface area contributed by atoms with E-state index in [2.05, 4.69) is 16.9 Å². The molecule has 0 bridgehead atoms. The quantitative estimate of drug-likeness (QED) is 0.832. The lowest BCUT2D eigenvalue weighted by molar-refractivity contribution is 0.00578. The predicted molar refractivity (Wildman–Crippen MR) is 76.2 cm³/mol. The van der Waals surface area contributed by atoms with E-state index < -0.39 is 7.12 Å². The van der Waals surface area contributed by atoms with Crippen LogP contribution in [0.4, 0.5) is 5.95 Å². The molecule has 0 amide bonds. The second-order valence-corrected chi connectivity index (χ2v) is 5.97. The SMILES string of the molecule is CCCc1nc(N)ncc1B1OC(C)(C)C(C)(C)O1. The van der Waals surface area contributed by atoms with Gasteiger partial charge in [0.05, 0.1) is 11.2 Å². The first-order chi connectivity index (χ1) is 8.77. The van der Waals surface area contributed by atoms with Crippen LogP contribution in [0.1, 0.15) is 46.7 Å². The van der Waals surface area contributed by atoms with Gasteiger partial charge in [0.2, 0.25) is 5.95 Å². The normalized spacial score (nSPS) is 20.8. The van der Waals surface area contributed by atoms with Crippen LogP contribution >= 0.6 is 0 Å². The second-order valence-electron chi connectivity index (χ2n) is 5.97. The first kappa shape index (κ1) is 14.3. The molecule has 1 aromatic heterocycles. The Kier molecular flexibility index (Phi) is 3.58. The number of nitrogens with two attached hydrogens (primary N) is 1. The first-order valence-corrected chi connectivity index (χ1v) is 6.74. The fourth-order valence-electron chi connectivity index (χ4n) is 2.05. The van der Waals surface area contributed by atoms with Crippen LogP contribution in [0.2, 0.25) is 0 Å². The number of rotatable bonds is 3. The monoisotopic (exact) mass is 263 g/mol. The topological polar surface area (TPSA) is 70.3 Å². The molecule has 0 saturated carbocycles. The summed E-state index contributed by atoms with van der Waals surface area (Å²) in [5.41, 5.74) is 6.74. The van der Waals surface area contributed by atoms with E-state index in [9.17, 15) is 0 Å². The molecule has 6 heteroatoms. The Hall–Kier alpha value is -1.14. The van der Waals surface area contributed by atoms with Crippen molar-refractivity contribution in [3.8, 4) is 0 Å². The van der Waals surface area contributed by atoms with E-state index in [4.69, 9.17) is 15.0 Å². The predicted octanol–water partition coefficient (Wildman–Crippen LogP) is 1.31. The van der Waals surface area contributed by atoms with Gasteiger partial charge in [-0.05, 0) is 34.1 Å². The highest BCUT2D eigenvalue weighted by atomic mass is 16.7. The standard InChI is InChI=1S/C13H22BN3O2/c1-6-7-10-9(8-16-11(15)17-10)14-18-12(2,3)13(4,5)19-14/h8H,6-7H2,1-5H3,(H2,15,16,17). The molecule has 1 aliphatic heterocycles. The van der Waals surface area contributed by atoms with Gasteiger partial charge in [0.1, 0.15) is 0 Å². The summed E-state index contributed by atoms with van der Waals surface area (Å²) in [6.45, 7) is 10.2. The van der Waals surface area contributed by atoms with Crippen molar-refractivity contribution in [2.45, 2.75) is 58.7 Å². The van der Waals surface area contributed by atoms with E-state index in [1.807, 2.05) is 27.7 Å². The van der Waals surface area contributed by atoms with E-state index in [0.29, 0.717) is 5.95 Å². The van der Waals surface area contributed by atoms with Gasteiger partial charge in [-0.3, -0.25) is 0 Å². The highest BCUT2D eigenvalue weighted by Crippen LogP contribution is 2.36. The van der Waals surface area contributed by atoms with Crippen LogP contribution in [0.25, 0.3) is 0 Å². The summed E-state index contributed by atoms with van der Waals surface area (Å²) in [4.78, 5) is 8.38. The van der Waals surface area contributed by atoms with Crippen LogP contribution in [0.3, 0.4) is 0 Å². The van der Waals surface area contributed by atoms with Crippen molar-refractivity contribution in [1.29, 1.82) is 0 Å². The Morgan fingerprint density at radius 3 is 2.32 bits per heavy atom. The van der Waals surface area contributed by atoms with Gasteiger partial charge in [0.15, 0.2) is 0 Å². The minimum atomic E-state index is -0.424. The zero-order valence-electron chi connectivity index (χ0n) is 12.4. The first-order valence-electron chi connectivity index (χ1n) is 6.74. The molecule has 0 aliphatic carbocycles. The number of aromatic nitrogens is 2. The molecule has 0 radical (unpaired) electrons. The van der Waals surface area contributed by atoms with E-state index in [1.54, 1.807) is 6.20 Å². The largest absolute Gasteiger partial charge is 0.498 e. The molecule has 0 unspecified atom stereocenters. The van der Waals surface area contributed by atoms with Crippen LogP contribution in [0, 0.1) is 0 Å². The van der Waals surface area contributed by atoms with Crippen LogP contribution in [0.5, 0.6) is 0 Å². The number of hydrogen-bond acceptors (Lipinski definition) is 5. The lowest BCUT2D eigenvalue weighted by atomic mass is 9.78. The minimum Gasteiger partial charge on any atom is -0.399 e. The number of hydrogen-bond donors (Lipinski definition) is 1. The number of nitrogens with zero attached hydrogens (tertiary/aromatic N) is 2. The maximum atomic E-state index is 6.03. The van der Waals surface area contributed by atoms with Crippen LogP contribution in [0.15, 0.2) is 6.20 Å². The summed E-state index contributed by atoms with van der Waals surface area (Å²) < 4.78 is 12.1. The Morgan fingerprint density at radius 2 is 1.79 bits per heavy atom. The van der Waals surface area contributed by atoms with E-state index in [1.165, 1.54) is 0 Å². The summed E-state index contributed by atoms with van der Waals surface area (Å²) in [7, 11) is -0.424. The fraction of sp³-hybridized carbons (Fsp3) is 0.692. The van der Waals surface area contributed by atoms with Crippen LogP contribution < -0.4 is 11.2 Å².